The van der Waals surface area contributed by atoms with Gasteiger partial charge in [0.1, 0.15) is 5.65 Å². The molecule has 2 heterocycles. The highest BCUT2D eigenvalue weighted by Crippen LogP contribution is 2.20. The van der Waals surface area contributed by atoms with Gasteiger partial charge in [-0.15, -0.1) is 0 Å². The first-order valence-electron chi connectivity index (χ1n) is 7.91. The molecule has 0 bridgehead atoms. The third kappa shape index (κ3) is 3.46. The number of anilines is 1. The van der Waals surface area contributed by atoms with Crippen molar-refractivity contribution in [3.63, 3.8) is 0 Å². The summed E-state index contributed by atoms with van der Waals surface area (Å²) in [6.07, 6.45) is 6.83. The van der Waals surface area contributed by atoms with Gasteiger partial charge in [-0.3, -0.25) is 4.79 Å². The van der Waals surface area contributed by atoms with E-state index in [4.69, 9.17) is 5.73 Å². The van der Waals surface area contributed by atoms with Crippen molar-refractivity contribution in [2.75, 3.05) is 12.3 Å². The number of carbonyl (C=O) groups excluding carboxylic acids is 1. The van der Waals surface area contributed by atoms with Crippen molar-refractivity contribution >= 4 is 28.7 Å². The van der Waals surface area contributed by atoms with Crippen molar-refractivity contribution in [2.45, 2.75) is 13.5 Å². The zero-order chi connectivity index (χ0) is 16.9. The highest BCUT2D eigenvalue weighted by Gasteiger charge is 2.09. The number of aromatic amines is 1. The molecule has 1 aromatic carbocycles. The van der Waals surface area contributed by atoms with E-state index in [1.54, 1.807) is 23.2 Å². The average Bonchev–Trinajstić information content (AvgIpc) is 3.00. The summed E-state index contributed by atoms with van der Waals surface area (Å²) >= 11 is 0. The third-order valence-corrected chi connectivity index (χ3v) is 3.90. The molecule has 0 aliphatic rings. The number of likely N-dealkylation sites (N-methyl/N-ethyl adjacent to an activating group) is 1. The highest BCUT2D eigenvalue weighted by atomic mass is 16.2. The number of nitrogens with two attached hydrogens (primary N) is 1. The molecule has 24 heavy (non-hydrogen) atoms. The van der Waals surface area contributed by atoms with Crippen LogP contribution in [0.25, 0.3) is 17.1 Å². The Labute approximate surface area is 140 Å². The van der Waals surface area contributed by atoms with Crippen LogP contribution in [-0.2, 0) is 11.3 Å². The van der Waals surface area contributed by atoms with E-state index in [9.17, 15) is 4.79 Å². The van der Waals surface area contributed by atoms with E-state index >= 15 is 0 Å². The molecule has 5 heteroatoms. The summed E-state index contributed by atoms with van der Waals surface area (Å²) in [4.78, 5) is 21.6. The Morgan fingerprint density at radius 3 is 2.88 bits per heavy atom. The van der Waals surface area contributed by atoms with E-state index in [0.29, 0.717) is 18.8 Å². The Morgan fingerprint density at radius 1 is 1.33 bits per heavy atom. The van der Waals surface area contributed by atoms with Crippen molar-refractivity contribution in [1.29, 1.82) is 0 Å². The fourth-order valence-corrected chi connectivity index (χ4v) is 2.59. The van der Waals surface area contributed by atoms with Gasteiger partial charge < -0.3 is 15.6 Å². The number of amides is 1. The van der Waals surface area contributed by atoms with E-state index in [1.165, 1.54) is 0 Å². The van der Waals surface area contributed by atoms with Gasteiger partial charge in [-0.2, -0.15) is 0 Å². The fourth-order valence-electron chi connectivity index (χ4n) is 2.59. The maximum absolute atomic E-state index is 12.5. The van der Waals surface area contributed by atoms with Crippen molar-refractivity contribution in [1.82, 2.24) is 14.9 Å². The second-order valence-corrected chi connectivity index (χ2v) is 5.58. The monoisotopic (exact) mass is 320 g/mol. The first-order valence-corrected chi connectivity index (χ1v) is 7.91. The number of nitrogens with zero attached hydrogens (tertiary/aromatic N) is 2. The van der Waals surface area contributed by atoms with Crippen molar-refractivity contribution in [2.24, 2.45) is 0 Å². The van der Waals surface area contributed by atoms with Gasteiger partial charge in [-0.1, -0.05) is 30.3 Å². The van der Waals surface area contributed by atoms with Crippen LogP contribution in [0.1, 0.15) is 18.1 Å². The molecule has 3 aromatic rings. The minimum Gasteiger partial charge on any atom is -0.397 e. The van der Waals surface area contributed by atoms with E-state index < -0.39 is 0 Å². The molecule has 0 atom stereocenters. The van der Waals surface area contributed by atoms with Gasteiger partial charge in [0.2, 0.25) is 5.91 Å². The average molecular weight is 320 g/mol. The van der Waals surface area contributed by atoms with Crippen molar-refractivity contribution in [3.8, 4) is 0 Å². The molecule has 3 N–H and O–H groups in total. The second-order valence-electron chi connectivity index (χ2n) is 5.58. The summed E-state index contributed by atoms with van der Waals surface area (Å²) in [6.45, 7) is 3.23. The van der Waals surface area contributed by atoms with Crippen LogP contribution in [0, 0.1) is 0 Å². The van der Waals surface area contributed by atoms with Gasteiger partial charge >= 0.3 is 0 Å². The largest absolute Gasteiger partial charge is 0.397 e. The number of hydrogen-bond donors (Lipinski definition) is 2. The standard InChI is InChI=1S/C19H20N4O/c1-2-23(13-14-6-4-3-5-7-14)18(24)9-8-15-11-21-19-17(15)10-16(20)12-22-19/h3-12H,2,13,20H2,1H3,(H,21,22)/b9-8+. The number of hydrogen-bond acceptors (Lipinski definition) is 3. The number of nitrogens with one attached hydrogen (secondary N) is 1. The Bertz CT molecular complexity index is 867. The number of nitrogen functional groups attached to an aromatic ring is 1. The van der Waals surface area contributed by atoms with Crippen LogP contribution < -0.4 is 5.73 Å². The summed E-state index contributed by atoms with van der Waals surface area (Å²) in [5, 5.41) is 0.908. The van der Waals surface area contributed by atoms with Crippen LogP contribution >= 0.6 is 0 Å². The first kappa shape index (κ1) is 15.8. The Hall–Kier alpha value is -3.08. The molecule has 0 fully saturated rings. The van der Waals surface area contributed by atoms with Gasteiger partial charge in [0.05, 0.1) is 11.9 Å². The third-order valence-electron chi connectivity index (χ3n) is 3.90. The minimum absolute atomic E-state index is 0.0208. The molecule has 3 rings (SSSR count). The zero-order valence-electron chi connectivity index (χ0n) is 13.6. The predicted molar refractivity (Wildman–Crippen MR) is 97.1 cm³/mol. The number of fused-ring (bicyclic) bond motifs is 1. The Kier molecular flexibility index (Phi) is 4.61. The van der Waals surface area contributed by atoms with E-state index in [1.807, 2.05) is 49.5 Å². The second kappa shape index (κ2) is 7.00. The lowest BCUT2D eigenvalue weighted by Crippen LogP contribution is -2.28. The number of rotatable bonds is 5. The Balaban J connectivity index is 1.76. The molecule has 122 valence electrons. The lowest BCUT2D eigenvalue weighted by molar-refractivity contribution is -0.126. The summed E-state index contributed by atoms with van der Waals surface area (Å²) in [5.41, 5.74) is 9.16. The van der Waals surface area contributed by atoms with Crippen LogP contribution in [0.5, 0.6) is 0 Å². The number of carbonyl (C=O) groups is 1. The molecule has 0 saturated heterocycles. The number of pyridine rings is 1. The molecule has 0 aliphatic heterocycles. The fraction of sp³-hybridized carbons (Fsp3) is 0.158. The molecule has 1 amide bonds. The minimum atomic E-state index is -0.0208. The summed E-state index contributed by atoms with van der Waals surface area (Å²) in [5.74, 6) is -0.0208. The van der Waals surface area contributed by atoms with E-state index in [-0.39, 0.29) is 5.91 Å². The lowest BCUT2D eigenvalue weighted by atomic mass is 10.2. The van der Waals surface area contributed by atoms with Gasteiger partial charge in [0.25, 0.3) is 0 Å². The smallest absolute Gasteiger partial charge is 0.246 e. The van der Waals surface area contributed by atoms with Gasteiger partial charge in [0.15, 0.2) is 0 Å². The Morgan fingerprint density at radius 2 is 2.12 bits per heavy atom. The van der Waals surface area contributed by atoms with Crippen LogP contribution in [0.15, 0.2) is 54.9 Å². The van der Waals surface area contributed by atoms with E-state index in [2.05, 4.69) is 9.97 Å². The molecular weight excluding hydrogens is 300 g/mol. The summed E-state index contributed by atoms with van der Waals surface area (Å²) in [6, 6.07) is 11.8. The summed E-state index contributed by atoms with van der Waals surface area (Å²) < 4.78 is 0. The molecule has 0 spiro atoms. The topological polar surface area (TPSA) is 75.0 Å². The molecule has 2 aromatic heterocycles. The van der Waals surface area contributed by atoms with Crippen LogP contribution in [-0.4, -0.2) is 27.3 Å². The van der Waals surface area contributed by atoms with Crippen LogP contribution in [0.2, 0.25) is 0 Å². The van der Waals surface area contributed by atoms with E-state index in [0.717, 1.165) is 22.2 Å². The highest BCUT2D eigenvalue weighted by molar-refractivity contribution is 5.96. The number of H-pyrrole nitrogens is 1. The van der Waals surface area contributed by atoms with Gasteiger partial charge in [0, 0.05) is 36.3 Å². The SMILES string of the molecule is CCN(Cc1ccccc1)C(=O)/C=C/c1c[nH]c2ncc(N)cc12. The molecule has 0 saturated carbocycles. The van der Waals surface area contributed by atoms with Crippen LogP contribution in [0.3, 0.4) is 0 Å². The molecule has 0 radical (unpaired) electrons. The summed E-state index contributed by atoms with van der Waals surface area (Å²) in [7, 11) is 0. The van der Waals surface area contributed by atoms with Gasteiger partial charge in [-0.25, -0.2) is 4.98 Å². The number of aromatic nitrogens is 2. The first-order chi connectivity index (χ1) is 11.7. The van der Waals surface area contributed by atoms with Crippen molar-refractivity contribution < 1.29 is 4.79 Å². The maximum Gasteiger partial charge on any atom is 0.246 e. The molecular formula is C19H20N4O. The quantitative estimate of drug-likeness (QED) is 0.709. The predicted octanol–water partition coefficient (Wildman–Crippen LogP) is 3.21. The van der Waals surface area contributed by atoms with Gasteiger partial charge in [-0.05, 0) is 24.6 Å². The van der Waals surface area contributed by atoms with Crippen LogP contribution in [0.4, 0.5) is 5.69 Å². The molecule has 5 nitrogen and oxygen atoms in total. The van der Waals surface area contributed by atoms with Crippen molar-refractivity contribution in [3.05, 3.63) is 66.0 Å². The molecule has 0 unspecified atom stereocenters. The normalized spacial score (nSPS) is 11.2. The lowest BCUT2D eigenvalue weighted by Gasteiger charge is -2.19. The maximum atomic E-state index is 12.5. The zero-order valence-corrected chi connectivity index (χ0v) is 13.6. The molecule has 0 aliphatic carbocycles. The number of benzene rings is 1.